The van der Waals surface area contributed by atoms with Crippen LogP contribution in [0.25, 0.3) is 16.9 Å². The summed E-state index contributed by atoms with van der Waals surface area (Å²) in [5.74, 6) is -0.831. The molecule has 2 aromatic heterocycles. The van der Waals surface area contributed by atoms with Gasteiger partial charge in [0.15, 0.2) is 5.65 Å². The van der Waals surface area contributed by atoms with Crippen molar-refractivity contribution in [3.8, 4) is 17.1 Å². The van der Waals surface area contributed by atoms with E-state index < -0.39 is 11.7 Å². The zero-order valence-electron chi connectivity index (χ0n) is 14.7. The number of amides is 1. The van der Waals surface area contributed by atoms with Gasteiger partial charge >= 0.3 is 0 Å². The van der Waals surface area contributed by atoms with Gasteiger partial charge in [-0.25, -0.2) is 13.9 Å². The van der Waals surface area contributed by atoms with Crippen molar-refractivity contribution in [2.24, 2.45) is 0 Å². The first-order chi connectivity index (χ1) is 13.5. The molecule has 4 rings (SSSR count). The summed E-state index contributed by atoms with van der Waals surface area (Å²) in [6.45, 7) is 0. The van der Waals surface area contributed by atoms with Crippen LogP contribution in [0, 0.1) is 5.82 Å². The number of ether oxygens (including phenoxy) is 1. The molecule has 140 valence electrons. The van der Waals surface area contributed by atoms with E-state index in [-0.39, 0.29) is 10.6 Å². The van der Waals surface area contributed by atoms with Gasteiger partial charge < -0.3 is 10.1 Å². The van der Waals surface area contributed by atoms with Crippen LogP contribution in [-0.4, -0.2) is 27.6 Å². The average Bonchev–Trinajstić information content (AvgIpc) is 3.11. The highest BCUT2D eigenvalue weighted by Crippen LogP contribution is 2.25. The van der Waals surface area contributed by atoms with E-state index >= 15 is 0 Å². The zero-order chi connectivity index (χ0) is 19.7. The summed E-state index contributed by atoms with van der Waals surface area (Å²) in [5.41, 5.74) is 2.38. The molecule has 4 aromatic rings. The molecule has 1 N–H and O–H groups in total. The van der Waals surface area contributed by atoms with Gasteiger partial charge in [0.2, 0.25) is 5.88 Å². The van der Waals surface area contributed by atoms with Gasteiger partial charge in [-0.1, -0.05) is 29.8 Å². The Kier molecular flexibility index (Phi) is 4.67. The number of halogens is 2. The summed E-state index contributed by atoms with van der Waals surface area (Å²) in [4.78, 5) is 17.0. The van der Waals surface area contributed by atoms with Crippen molar-refractivity contribution >= 4 is 28.8 Å². The van der Waals surface area contributed by atoms with Crippen LogP contribution in [0.2, 0.25) is 5.02 Å². The fourth-order valence-electron chi connectivity index (χ4n) is 2.78. The number of aromatic nitrogens is 3. The summed E-state index contributed by atoms with van der Waals surface area (Å²) in [6, 6.07) is 14.7. The highest BCUT2D eigenvalue weighted by molar-refractivity contribution is 6.34. The molecule has 0 aliphatic heterocycles. The van der Waals surface area contributed by atoms with E-state index in [1.165, 1.54) is 18.2 Å². The number of fused-ring (bicyclic) bond motifs is 1. The minimum Gasteiger partial charge on any atom is -0.480 e. The molecule has 28 heavy (non-hydrogen) atoms. The topological polar surface area (TPSA) is 68.5 Å². The monoisotopic (exact) mass is 396 g/mol. The second-order valence-corrected chi connectivity index (χ2v) is 6.34. The van der Waals surface area contributed by atoms with E-state index in [1.54, 1.807) is 48.2 Å². The predicted octanol–water partition coefficient (Wildman–Crippen LogP) is 4.45. The van der Waals surface area contributed by atoms with Crippen molar-refractivity contribution in [3.05, 3.63) is 77.2 Å². The molecule has 0 bridgehead atoms. The highest BCUT2D eigenvalue weighted by Gasteiger charge is 2.16. The molecule has 0 spiro atoms. The molecule has 0 aliphatic rings. The maximum atomic E-state index is 14.0. The predicted molar refractivity (Wildman–Crippen MR) is 104 cm³/mol. The standard InChI is InChI=1S/C20H14ClFN4O2/c1-28-18-9-8-17-24-16(11-26(17)25-18)12-4-2-5-13(10-12)23-20(27)19-14(21)6-3-7-15(19)22/h2-11H,1H3,(H,23,27). The minimum absolute atomic E-state index is 0.0500. The molecule has 2 heterocycles. The summed E-state index contributed by atoms with van der Waals surface area (Å²) in [5, 5.41) is 6.99. The number of carbonyl (C=O) groups excluding carboxylic acids is 1. The number of benzene rings is 2. The molecule has 0 atom stereocenters. The third-order valence-electron chi connectivity index (χ3n) is 4.11. The van der Waals surface area contributed by atoms with Crippen LogP contribution in [-0.2, 0) is 0 Å². The Labute approximate surface area is 164 Å². The van der Waals surface area contributed by atoms with Crippen LogP contribution in [0.15, 0.2) is 60.8 Å². The van der Waals surface area contributed by atoms with Gasteiger partial charge in [-0.2, -0.15) is 0 Å². The number of imidazole rings is 1. The van der Waals surface area contributed by atoms with Crippen molar-refractivity contribution in [1.82, 2.24) is 14.6 Å². The van der Waals surface area contributed by atoms with Gasteiger partial charge in [0.05, 0.1) is 29.6 Å². The van der Waals surface area contributed by atoms with Gasteiger partial charge in [-0.3, -0.25) is 4.79 Å². The van der Waals surface area contributed by atoms with Crippen LogP contribution in [0.5, 0.6) is 5.88 Å². The number of rotatable bonds is 4. The lowest BCUT2D eigenvalue weighted by atomic mass is 10.1. The van der Waals surface area contributed by atoms with E-state index in [0.717, 1.165) is 5.56 Å². The van der Waals surface area contributed by atoms with Gasteiger partial charge in [0, 0.05) is 17.3 Å². The normalized spacial score (nSPS) is 10.8. The number of nitrogens with one attached hydrogen (secondary N) is 1. The Balaban J connectivity index is 1.64. The molecule has 1 amide bonds. The lowest BCUT2D eigenvalue weighted by Gasteiger charge is -2.08. The third-order valence-corrected chi connectivity index (χ3v) is 4.43. The number of methoxy groups -OCH3 is 1. The molecular formula is C20H14ClFN4O2. The minimum atomic E-state index is -0.679. The molecule has 0 fully saturated rings. The van der Waals surface area contributed by atoms with Gasteiger partial charge in [0.25, 0.3) is 5.91 Å². The zero-order valence-corrected chi connectivity index (χ0v) is 15.4. The quantitative estimate of drug-likeness (QED) is 0.553. The second kappa shape index (κ2) is 7.28. The van der Waals surface area contributed by atoms with Crippen molar-refractivity contribution in [1.29, 1.82) is 0 Å². The van der Waals surface area contributed by atoms with E-state index in [0.29, 0.717) is 22.9 Å². The van der Waals surface area contributed by atoms with Crippen LogP contribution in [0.3, 0.4) is 0 Å². The fourth-order valence-corrected chi connectivity index (χ4v) is 3.03. The summed E-state index contributed by atoms with van der Waals surface area (Å²) < 4.78 is 20.7. The van der Waals surface area contributed by atoms with Crippen LogP contribution >= 0.6 is 11.6 Å². The number of nitrogens with zero attached hydrogens (tertiary/aromatic N) is 3. The molecule has 0 aliphatic carbocycles. The van der Waals surface area contributed by atoms with Crippen molar-refractivity contribution in [2.45, 2.75) is 0 Å². The van der Waals surface area contributed by atoms with E-state index in [1.807, 2.05) is 6.07 Å². The van der Waals surface area contributed by atoms with Gasteiger partial charge in [0.1, 0.15) is 5.82 Å². The lowest BCUT2D eigenvalue weighted by Crippen LogP contribution is -2.14. The van der Waals surface area contributed by atoms with Crippen molar-refractivity contribution in [2.75, 3.05) is 12.4 Å². The first-order valence-electron chi connectivity index (χ1n) is 8.31. The third kappa shape index (κ3) is 3.39. The molecule has 2 aromatic carbocycles. The van der Waals surface area contributed by atoms with E-state index in [2.05, 4.69) is 15.4 Å². The molecule has 8 heteroatoms. The molecule has 0 unspecified atom stereocenters. The molecule has 0 radical (unpaired) electrons. The largest absolute Gasteiger partial charge is 0.480 e. The molecular weight excluding hydrogens is 383 g/mol. The Morgan fingerprint density at radius 3 is 2.79 bits per heavy atom. The highest BCUT2D eigenvalue weighted by atomic mass is 35.5. The van der Waals surface area contributed by atoms with Crippen molar-refractivity contribution < 1.29 is 13.9 Å². The summed E-state index contributed by atoms with van der Waals surface area (Å²) in [6.07, 6.45) is 1.76. The molecule has 0 saturated carbocycles. The van der Waals surface area contributed by atoms with Gasteiger partial charge in [-0.05, 0) is 30.3 Å². The fraction of sp³-hybridized carbons (Fsp3) is 0.0500. The van der Waals surface area contributed by atoms with Gasteiger partial charge in [-0.15, -0.1) is 5.10 Å². The maximum absolute atomic E-state index is 14.0. The summed E-state index contributed by atoms with van der Waals surface area (Å²) >= 11 is 5.96. The number of anilines is 1. The maximum Gasteiger partial charge on any atom is 0.260 e. The smallest absolute Gasteiger partial charge is 0.260 e. The Bertz CT molecular complexity index is 1170. The van der Waals surface area contributed by atoms with Crippen LogP contribution < -0.4 is 10.1 Å². The number of carbonyl (C=O) groups is 1. The molecule has 0 saturated heterocycles. The first-order valence-corrected chi connectivity index (χ1v) is 8.69. The number of hydrogen-bond acceptors (Lipinski definition) is 4. The lowest BCUT2D eigenvalue weighted by molar-refractivity contribution is 0.102. The SMILES string of the molecule is COc1ccc2nc(-c3cccc(NC(=O)c4c(F)cccc4Cl)c3)cn2n1. The van der Waals surface area contributed by atoms with Crippen molar-refractivity contribution in [3.63, 3.8) is 0 Å². The number of hydrogen-bond donors (Lipinski definition) is 1. The van der Waals surface area contributed by atoms with Crippen LogP contribution in [0.1, 0.15) is 10.4 Å². The van der Waals surface area contributed by atoms with Crippen LogP contribution in [0.4, 0.5) is 10.1 Å². The second-order valence-electron chi connectivity index (χ2n) is 5.94. The molecule has 6 nitrogen and oxygen atoms in total. The Morgan fingerprint density at radius 1 is 1.18 bits per heavy atom. The van der Waals surface area contributed by atoms with E-state index in [4.69, 9.17) is 16.3 Å². The average molecular weight is 397 g/mol. The Morgan fingerprint density at radius 2 is 2.00 bits per heavy atom. The summed E-state index contributed by atoms with van der Waals surface area (Å²) in [7, 11) is 1.54. The first kappa shape index (κ1) is 17.9. The van der Waals surface area contributed by atoms with E-state index in [9.17, 15) is 9.18 Å². The Hall–Kier alpha value is -3.45.